The fourth-order valence-corrected chi connectivity index (χ4v) is 2.49. The molecule has 0 aromatic heterocycles. The average molecular weight is 343 g/mol. The Bertz CT molecular complexity index is 270. The number of aliphatic hydroxyl groups excluding tert-OH is 1. The van der Waals surface area contributed by atoms with E-state index in [9.17, 15) is 9.90 Å². The summed E-state index contributed by atoms with van der Waals surface area (Å²) in [6, 6.07) is 0. The molecule has 3 atom stereocenters. The van der Waals surface area contributed by atoms with E-state index in [1.165, 1.54) is 4.90 Å². The summed E-state index contributed by atoms with van der Waals surface area (Å²) in [6.07, 6.45) is -1.29. The van der Waals surface area contributed by atoms with Crippen molar-refractivity contribution in [2.75, 3.05) is 20.7 Å². The average Bonchev–Trinajstić information content (AvgIpc) is 2.55. The third-order valence-corrected chi connectivity index (χ3v) is 3.66. The summed E-state index contributed by atoms with van der Waals surface area (Å²) < 4.78 is 10.3. The van der Waals surface area contributed by atoms with E-state index in [1.54, 1.807) is 27.9 Å². The Morgan fingerprint density at radius 3 is 2.50 bits per heavy atom. The molecule has 0 aromatic carbocycles. The summed E-state index contributed by atoms with van der Waals surface area (Å²) in [5.74, 6) is -0.801. The van der Waals surface area contributed by atoms with Crippen LogP contribution in [0.5, 0.6) is 0 Å². The summed E-state index contributed by atoms with van der Waals surface area (Å²) in [5, 5.41) is 10.0. The summed E-state index contributed by atoms with van der Waals surface area (Å²) in [6.45, 7) is 3.89. The van der Waals surface area contributed by atoms with E-state index in [0.717, 1.165) is 0 Å². The second-order valence-electron chi connectivity index (χ2n) is 4.49. The van der Waals surface area contributed by atoms with Crippen molar-refractivity contribution in [1.29, 1.82) is 0 Å². The number of nitrogens with zero attached hydrogens (tertiary/aromatic N) is 1. The van der Waals surface area contributed by atoms with Gasteiger partial charge in [-0.1, -0.05) is 22.6 Å². The number of aliphatic hydroxyl groups is 1. The molecule has 0 aliphatic carbocycles. The van der Waals surface area contributed by atoms with Crippen molar-refractivity contribution in [3.8, 4) is 0 Å². The molecule has 0 radical (unpaired) electrons. The van der Waals surface area contributed by atoms with Crippen LogP contribution < -0.4 is 0 Å². The highest BCUT2D eigenvalue weighted by molar-refractivity contribution is 14.1. The number of ether oxygens (including phenoxy) is 2. The number of alkyl halides is 1. The molecule has 1 aliphatic rings. The molecule has 1 N–H and O–H groups in total. The highest BCUT2D eigenvalue weighted by Crippen LogP contribution is 2.27. The molecule has 94 valence electrons. The van der Waals surface area contributed by atoms with Gasteiger partial charge in [-0.05, 0) is 13.8 Å². The molecule has 1 fully saturated rings. The van der Waals surface area contributed by atoms with Crippen LogP contribution in [-0.4, -0.2) is 58.5 Å². The van der Waals surface area contributed by atoms with Crippen LogP contribution in [0, 0.1) is 0 Å². The maximum atomic E-state index is 11.7. The topological polar surface area (TPSA) is 59.0 Å². The largest absolute Gasteiger partial charge is 0.389 e. The molecule has 1 saturated heterocycles. The third kappa shape index (κ3) is 3.28. The normalized spacial score (nSPS) is 27.5. The second kappa shape index (κ2) is 5.16. The lowest BCUT2D eigenvalue weighted by Gasteiger charge is -2.25. The van der Waals surface area contributed by atoms with E-state index < -0.39 is 21.9 Å². The van der Waals surface area contributed by atoms with Crippen LogP contribution in [0.15, 0.2) is 0 Å². The van der Waals surface area contributed by atoms with Crippen molar-refractivity contribution in [1.82, 2.24) is 4.90 Å². The van der Waals surface area contributed by atoms with Crippen LogP contribution in [0.4, 0.5) is 0 Å². The van der Waals surface area contributed by atoms with Gasteiger partial charge in [0.05, 0.1) is 6.61 Å². The molecule has 0 saturated carbocycles. The van der Waals surface area contributed by atoms with Crippen LogP contribution in [0.2, 0.25) is 0 Å². The van der Waals surface area contributed by atoms with Crippen LogP contribution in [0.1, 0.15) is 13.8 Å². The van der Waals surface area contributed by atoms with Crippen molar-refractivity contribution in [2.24, 2.45) is 0 Å². The number of carbonyl (C=O) groups excluding carboxylic acids is 1. The Labute approximate surface area is 109 Å². The summed E-state index contributed by atoms with van der Waals surface area (Å²) in [4.78, 5) is 13.1. The smallest absolute Gasteiger partial charge is 0.237 e. The second-order valence-corrected chi connectivity index (χ2v) is 5.83. The predicted molar refractivity (Wildman–Crippen MR) is 67.4 cm³/mol. The van der Waals surface area contributed by atoms with Crippen LogP contribution in [0.3, 0.4) is 0 Å². The van der Waals surface area contributed by atoms with E-state index in [4.69, 9.17) is 9.47 Å². The van der Waals surface area contributed by atoms with Gasteiger partial charge < -0.3 is 19.5 Å². The molecule has 1 rings (SSSR count). The molecule has 0 spiro atoms. The number of rotatable bonds is 3. The van der Waals surface area contributed by atoms with Gasteiger partial charge in [0.1, 0.15) is 16.1 Å². The monoisotopic (exact) mass is 343 g/mol. The molecule has 5 nitrogen and oxygen atoms in total. The van der Waals surface area contributed by atoms with Crippen LogP contribution in [0.25, 0.3) is 0 Å². The minimum atomic E-state index is -0.850. The van der Waals surface area contributed by atoms with Crippen molar-refractivity contribution in [3.05, 3.63) is 0 Å². The van der Waals surface area contributed by atoms with Gasteiger partial charge in [-0.2, -0.15) is 0 Å². The van der Waals surface area contributed by atoms with Gasteiger partial charge in [0.15, 0.2) is 5.79 Å². The lowest BCUT2D eigenvalue weighted by molar-refractivity contribution is -0.153. The Hall–Kier alpha value is 0.0800. The molecule has 1 heterocycles. The zero-order chi connectivity index (χ0) is 12.5. The summed E-state index contributed by atoms with van der Waals surface area (Å²) >= 11 is 1.93. The lowest BCUT2D eigenvalue weighted by atomic mass is 10.1. The molecule has 1 aliphatic heterocycles. The van der Waals surface area contributed by atoms with E-state index in [2.05, 4.69) is 0 Å². The standard InChI is InChI=1S/C10H18INO4/c1-10(2)15-5-6(16-10)8(13)7(11)9(14)12(3)4/h6-8,13H,5H2,1-4H3/t6-,7+,8-/m1/s1. The quantitative estimate of drug-likeness (QED) is 0.595. The number of halogens is 1. The van der Waals surface area contributed by atoms with E-state index in [0.29, 0.717) is 6.61 Å². The third-order valence-electron chi connectivity index (χ3n) is 2.39. The van der Waals surface area contributed by atoms with Gasteiger partial charge in [-0.3, -0.25) is 4.79 Å². The van der Waals surface area contributed by atoms with Gasteiger partial charge in [-0.25, -0.2) is 0 Å². The first-order chi connectivity index (χ1) is 7.24. The molecule has 1 amide bonds. The number of hydrogen-bond acceptors (Lipinski definition) is 4. The Morgan fingerprint density at radius 1 is 1.56 bits per heavy atom. The molecular formula is C10H18INO4. The maximum absolute atomic E-state index is 11.7. The van der Waals surface area contributed by atoms with Crippen molar-refractivity contribution in [3.63, 3.8) is 0 Å². The van der Waals surface area contributed by atoms with Crippen molar-refractivity contribution >= 4 is 28.5 Å². The first-order valence-electron chi connectivity index (χ1n) is 5.09. The highest BCUT2D eigenvalue weighted by atomic mass is 127. The van der Waals surface area contributed by atoms with Gasteiger partial charge in [0.2, 0.25) is 5.91 Å². The molecule has 6 heteroatoms. The highest BCUT2D eigenvalue weighted by Gasteiger charge is 2.41. The lowest BCUT2D eigenvalue weighted by Crippen LogP contribution is -2.44. The minimum Gasteiger partial charge on any atom is -0.389 e. The number of hydrogen-bond donors (Lipinski definition) is 1. The van der Waals surface area contributed by atoms with E-state index in [1.807, 2.05) is 22.6 Å². The predicted octanol–water partition coefficient (Wildman–Crippen LogP) is 0.391. The maximum Gasteiger partial charge on any atom is 0.237 e. The van der Waals surface area contributed by atoms with Gasteiger partial charge in [-0.15, -0.1) is 0 Å². The Balaban J connectivity index is 2.58. The zero-order valence-electron chi connectivity index (χ0n) is 9.94. The van der Waals surface area contributed by atoms with Crippen molar-refractivity contribution < 1.29 is 19.4 Å². The first kappa shape index (κ1) is 14.1. The number of amides is 1. The van der Waals surface area contributed by atoms with Crippen LogP contribution >= 0.6 is 22.6 Å². The SMILES string of the molecule is CN(C)C(=O)[C@@H](I)[C@H](O)[C@H]1COC(C)(C)O1. The number of carbonyl (C=O) groups is 1. The van der Waals surface area contributed by atoms with E-state index >= 15 is 0 Å². The molecular weight excluding hydrogens is 325 g/mol. The molecule has 0 bridgehead atoms. The van der Waals surface area contributed by atoms with Gasteiger partial charge in [0.25, 0.3) is 0 Å². The van der Waals surface area contributed by atoms with Gasteiger partial charge >= 0.3 is 0 Å². The molecule has 16 heavy (non-hydrogen) atoms. The molecule has 0 aromatic rings. The van der Waals surface area contributed by atoms with Gasteiger partial charge in [0, 0.05) is 14.1 Å². The fraction of sp³-hybridized carbons (Fsp3) is 0.900. The van der Waals surface area contributed by atoms with Crippen molar-refractivity contribution in [2.45, 2.75) is 35.8 Å². The Morgan fingerprint density at radius 2 is 2.12 bits per heavy atom. The van der Waals surface area contributed by atoms with E-state index in [-0.39, 0.29) is 5.91 Å². The minimum absolute atomic E-state index is 0.124. The zero-order valence-corrected chi connectivity index (χ0v) is 12.1. The fourth-order valence-electron chi connectivity index (χ4n) is 1.46. The first-order valence-corrected chi connectivity index (χ1v) is 6.34. The summed E-state index contributed by atoms with van der Waals surface area (Å²) in [5.41, 5.74) is 0. The van der Waals surface area contributed by atoms with Crippen LogP contribution in [-0.2, 0) is 14.3 Å². The Kier molecular flexibility index (Phi) is 4.56. The molecule has 0 unspecified atom stereocenters. The summed E-state index contributed by atoms with van der Waals surface area (Å²) in [7, 11) is 3.33.